The van der Waals surface area contributed by atoms with Crippen molar-refractivity contribution in [3.8, 4) is 0 Å². The number of rotatable bonds is 1. The van der Waals surface area contributed by atoms with Crippen LogP contribution in [0.5, 0.6) is 0 Å². The number of carbonyl (C=O) groups excluding carboxylic acids is 1. The average molecular weight is 258 g/mol. The Hall–Kier alpha value is -1.46. The summed E-state index contributed by atoms with van der Waals surface area (Å²) in [6.45, 7) is 8.05. The highest BCUT2D eigenvalue weighted by atomic mass is 16.6. The van der Waals surface area contributed by atoms with Gasteiger partial charge in [-0.05, 0) is 34.1 Å². The molecule has 0 aromatic heterocycles. The van der Waals surface area contributed by atoms with Gasteiger partial charge in [-0.25, -0.2) is 9.59 Å². The van der Waals surface area contributed by atoms with Crippen molar-refractivity contribution in [2.45, 2.75) is 45.3 Å². The molecule has 0 unspecified atom stereocenters. The Labute approximate surface area is 107 Å². The third-order valence-electron chi connectivity index (χ3n) is 3.20. The van der Waals surface area contributed by atoms with Crippen LogP contribution in [-0.2, 0) is 4.74 Å². The van der Waals surface area contributed by atoms with Crippen LogP contribution in [0.15, 0.2) is 0 Å². The van der Waals surface area contributed by atoms with E-state index in [4.69, 9.17) is 9.84 Å². The molecule has 0 saturated carbocycles. The smallest absolute Gasteiger partial charge is 0.410 e. The fourth-order valence-electron chi connectivity index (χ4n) is 1.93. The second kappa shape index (κ2) is 4.66. The predicted molar refractivity (Wildman–Crippen MR) is 66.6 cm³/mol. The maximum absolute atomic E-state index is 12.0. The van der Waals surface area contributed by atoms with Gasteiger partial charge >= 0.3 is 12.2 Å². The molecule has 0 aromatic carbocycles. The largest absolute Gasteiger partial charge is 0.465 e. The van der Waals surface area contributed by atoms with E-state index in [2.05, 4.69) is 0 Å². The topological polar surface area (TPSA) is 70.1 Å². The Morgan fingerprint density at radius 1 is 1.39 bits per heavy atom. The monoisotopic (exact) mass is 258 g/mol. The van der Waals surface area contributed by atoms with Gasteiger partial charge in [0.25, 0.3) is 0 Å². The van der Waals surface area contributed by atoms with Gasteiger partial charge < -0.3 is 19.6 Å². The minimum atomic E-state index is -0.948. The Morgan fingerprint density at radius 2 is 1.94 bits per heavy atom. The van der Waals surface area contributed by atoms with Crippen LogP contribution >= 0.6 is 0 Å². The van der Waals surface area contributed by atoms with Gasteiger partial charge in [-0.3, -0.25) is 0 Å². The molecule has 1 aliphatic rings. The summed E-state index contributed by atoms with van der Waals surface area (Å²) in [4.78, 5) is 25.7. The molecule has 6 nitrogen and oxygen atoms in total. The van der Waals surface area contributed by atoms with Gasteiger partial charge in [0.15, 0.2) is 0 Å². The highest BCUT2D eigenvalue weighted by Crippen LogP contribution is 2.28. The summed E-state index contributed by atoms with van der Waals surface area (Å²) in [7, 11) is 1.65. The molecule has 6 heteroatoms. The Morgan fingerprint density at radius 3 is 2.33 bits per heavy atom. The fraction of sp³-hybridized carbons (Fsp3) is 0.833. The molecule has 0 radical (unpaired) electrons. The average Bonchev–Trinajstić information content (AvgIpc) is 2.58. The zero-order chi connectivity index (χ0) is 14.1. The lowest BCUT2D eigenvalue weighted by Crippen LogP contribution is -2.51. The van der Waals surface area contributed by atoms with E-state index in [1.807, 2.05) is 6.92 Å². The number of hydrogen-bond donors (Lipinski definition) is 1. The normalized spacial score (nSPS) is 23.9. The molecule has 1 saturated heterocycles. The van der Waals surface area contributed by atoms with Gasteiger partial charge in [0.05, 0.1) is 5.54 Å². The maximum atomic E-state index is 12.0. The molecule has 1 aliphatic heterocycles. The van der Waals surface area contributed by atoms with Crippen LogP contribution in [-0.4, -0.2) is 58.4 Å². The lowest BCUT2D eigenvalue weighted by Gasteiger charge is -2.36. The van der Waals surface area contributed by atoms with Crippen LogP contribution in [0.1, 0.15) is 34.1 Å². The van der Waals surface area contributed by atoms with Crippen molar-refractivity contribution in [1.29, 1.82) is 0 Å². The standard InChI is InChI=1S/C12H22N2O4/c1-11(2,3)18-10(17)13(5)12(4)6-7-14(8-12)9(15)16/h6-8H2,1-5H3,(H,15,16)/t12-/m0/s1. The van der Waals surface area contributed by atoms with Gasteiger partial charge in [-0.15, -0.1) is 0 Å². The number of nitrogens with zero attached hydrogens (tertiary/aromatic N) is 2. The summed E-state index contributed by atoms with van der Waals surface area (Å²) in [6.07, 6.45) is -0.747. The molecule has 0 spiro atoms. The zero-order valence-corrected chi connectivity index (χ0v) is 11.7. The SMILES string of the molecule is CN(C(=O)OC(C)(C)C)[C@@]1(C)CCN(C(=O)O)C1. The van der Waals surface area contributed by atoms with Crippen LogP contribution in [0.2, 0.25) is 0 Å². The highest BCUT2D eigenvalue weighted by molar-refractivity contribution is 5.70. The van der Waals surface area contributed by atoms with E-state index < -0.39 is 23.3 Å². The van der Waals surface area contributed by atoms with Gasteiger partial charge in [0.2, 0.25) is 0 Å². The molecule has 104 valence electrons. The van der Waals surface area contributed by atoms with E-state index in [-0.39, 0.29) is 0 Å². The zero-order valence-electron chi connectivity index (χ0n) is 11.7. The first-order chi connectivity index (χ1) is 8.05. The molecule has 1 N–H and O–H groups in total. The number of likely N-dealkylation sites (tertiary alicyclic amines) is 1. The highest BCUT2D eigenvalue weighted by Gasteiger charge is 2.42. The van der Waals surface area contributed by atoms with Gasteiger partial charge in [-0.2, -0.15) is 0 Å². The van der Waals surface area contributed by atoms with Crippen LogP contribution in [0.3, 0.4) is 0 Å². The molecule has 2 amide bonds. The summed E-state index contributed by atoms with van der Waals surface area (Å²) in [6, 6.07) is 0. The number of ether oxygens (including phenoxy) is 1. The van der Waals surface area contributed by atoms with Crippen molar-refractivity contribution < 1.29 is 19.4 Å². The van der Waals surface area contributed by atoms with E-state index in [0.717, 1.165) is 0 Å². The third-order valence-corrected chi connectivity index (χ3v) is 3.20. The molecule has 18 heavy (non-hydrogen) atoms. The molecule has 1 heterocycles. The Kier molecular flexibility index (Phi) is 3.78. The number of likely N-dealkylation sites (N-methyl/N-ethyl adjacent to an activating group) is 1. The minimum absolute atomic E-state index is 0.318. The first kappa shape index (κ1) is 14.6. The summed E-state index contributed by atoms with van der Waals surface area (Å²) in [5.74, 6) is 0. The molecule has 0 aromatic rings. The molecule has 1 rings (SSSR count). The first-order valence-electron chi connectivity index (χ1n) is 6.00. The minimum Gasteiger partial charge on any atom is -0.465 e. The summed E-state index contributed by atoms with van der Waals surface area (Å²) in [5.41, 5.74) is -1.05. The summed E-state index contributed by atoms with van der Waals surface area (Å²) >= 11 is 0. The number of hydrogen-bond acceptors (Lipinski definition) is 3. The van der Waals surface area contributed by atoms with Crippen molar-refractivity contribution in [2.24, 2.45) is 0 Å². The van der Waals surface area contributed by atoms with Gasteiger partial charge in [-0.1, -0.05) is 0 Å². The molecule has 0 bridgehead atoms. The third kappa shape index (κ3) is 3.27. The molecule has 0 aliphatic carbocycles. The van der Waals surface area contributed by atoms with E-state index in [1.165, 1.54) is 9.80 Å². The van der Waals surface area contributed by atoms with Crippen LogP contribution in [0.25, 0.3) is 0 Å². The Bertz CT molecular complexity index is 350. The number of amides is 2. The Balaban J connectivity index is 2.69. The lowest BCUT2D eigenvalue weighted by molar-refractivity contribution is 0.00968. The van der Waals surface area contributed by atoms with E-state index in [0.29, 0.717) is 19.5 Å². The van der Waals surface area contributed by atoms with E-state index >= 15 is 0 Å². The van der Waals surface area contributed by atoms with Crippen molar-refractivity contribution in [3.05, 3.63) is 0 Å². The second-order valence-electron chi connectivity index (χ2n) is 5.99. The van der Waals surface area contributed by atoms with Crippen LogP contribution in [0.4, 0.5) is 9.59 Å². The molecule has 1 fully saturated rings. The van der Waals surface area contributed by atoms with Crippen molar-refractivity contribution in [1.82, 2.24) is 9.80 Å². The maximum Gasteiger partial charge on any atom is 0.410 e. The van der Waals surface area contributed by atoms with Crippen molar-refractivity contribution in [3.63, 3.8) is 0 Å². The summed E-state index contributed by atoms with van der Waals surface area (Å²) in [5, 5.41) is 8.94. The van der Waals surface area contributed by atoms with Crippen LogP contribution in [0, 0.1) is 0 Å². The summed E-state index contributed by atoms with van der Waals surface area (Å²) < 4.78 is 5.29. The van der Waals surface area contributed by atoms with Gasteiger partial charge in [0, 0.05) is 20.1 Å². The van der Waals surface area contributed by atoms with Crippen molar-refractivity contribution >= 4 is 12.2 Å². The molecular formula is C12H22N2O4. The number of carboxylic acid groups (broad SMARTS) is 1. The van der Waals surface area contributed by atoms with Gasteiger partial charge in [0.1, 0.15) is 5.60 Å². The lowest BCUT2D eigenvalue weighted by atomic mass is 10.0. The fourth-order valence-corrected chi connectivity index (χ4v) is 1.93. The van der Waals surface area contributed by atoms with Crippen LogP contribution < -0.4 is 0 Å². The quantitative estimate of drug-likeness (QED) is 0.781. The molecule has 1 atom stereocenters. The van der Waals surface area contributed by atoms with Crippen molar-refractivity contribution in [2.75, 3.05) is 20.1 Å². The predicted octanol–water partition coefficient (Wildman–Crippen LogP) is 2.00. The number of carbonyl (C=O) groups is 2. The molecular weight excluding hydrogens is 236 g/mol. The van der Waals surface area contributed by atoms with E-state index in [1.54, 1.807) is 27.8 Å². The van der Waals surface area contributed by atoms with E-state index in [9.17, 15) is 9.59 Å². The first-order valence-corrected chi connectivity index (χ1v) is 6.00. The second-order valence-corrected chi connectivity index (χ2v) is 5.99.